The zero-order chi connectivity index (χ0) is 29.6. The Bertz CT molecular complexity index is 1500. The van der Waals surface area contributed by atoms with E-state index in [2.05, 4.69) is 25.4 Å². The number of nitrogens with one attached hydrogen (secondary N) is 1. The van der Waals surface area contributed by atoms with Gasteiger partial charge in [-0.15, -0.1) is 0 Å². The Balaban J connectivity index is 1.59. The highest BCUT2D eigenvalue weighted by Crippen LogP contribution is 2.38. The van der Waals surface area contributed by atoms with Crippen LogP contribution < -0.4 is 10.7 Å². The Kier molecular flexibility index (Phi) is 7.29. The molecule has 4 rings (SSSR count). The SMILES string of the molecule is Cc1c(Cc2ccc(F)c(C(=O)N3CCC4=C(C3)[N+]=N[N+]4(CC(F)(F)F)OC(=O)C(F)(F)F)c2)n[nH]c(=O)c1C. The van der Waals surface area contributed by atoms with Crippen molar-refractivity contribution >= 4 is 11.9 Å². The second kappa shape index (κ2) is 10.1. The molecule has 0 saturated carbocycles. The minimum Gasteiger partial charge on any atom is -0.327 e. The third kappa shape index (κ3) is 5.73. The molecular formula is C23H20F7N6O4+2. The summed E-state index contributed by atoms with van der Waals surface area (Å²) in [7, 11) is 0. The van der Waals surface area contributed by atoms with Crippen LogP contribution in [0.4, 0.5) is 30.7 Å². The number of aromatic amines is 1. The normalized spacial score (nSPS) is 19.2. The summed E-state index contributed by atoms with van der Waals surface area (Å²) in [4.78, 5) is 41.5. The molecule has 2 aliphatic heterocycles. The maximum Gasteiger partial charge on any atom is 0.497 e. The highest BCUT2D eigenvalue weighted by Gasteiger charge is 2.64. The molecular weight excluding hydrogens is 557 g/mol. The standard InChI is InChI=1S/C23H19F7N6O4/c1-11-12(2)19(37)33-31-16(11)8-13-3-4-15(24)14(7-13)20(38)35-6-5-18-17(9-35)32-34-36(18,10-22(25,26)27)40-21(39)23(28,29)30/h3-4,7H,5-6,8-10H2,1-2H3/q+1/p+1. The zero-order valence-electron chi connectivity index (χ0n) is 20.8. The molecule has 1 unspecified atom stereocenters. The predicted molar refractivity (Wildman–Crippen MR) is 119 cm³/mol. The number of amides is 1. The Morgan fingerprint density at radius 3 is 2.50 bits per heavy atom. The van der Waals surface area contributed by atoms with Gasteiger partial charge in [0.2, 0.25) is 0 Å². The fraction of sp³-hybridized carbons (Fsp3) is 0.391. The van der Waals surface area contributed by atoms with E-state index >= 15 is 0 Å². The maximum atomic E-state index is 14.7. The van der Waals surface area contributed by atoms with Gasteiger partial charge in [-0.05, 0) is 37.1 Å². The van der Waals surface area contributed by atoms with Crippen molar-refractivity contribution in [2.75, 3.05) is 19.6 Å². The van der Waals surface area contributed by atoms with Gasteiger partial charge in [-0.1, -0.05) is 6.07 Å². The van der Waals surface area contributed by atoms with Crippen molar-refractivity contribution in [3.8, 4) is 0 Å². The van der Waals surface area contributed by atoms with Gasteiger partial charge in [0.25, 0.3) is 28.8 Å². The maximum absolute atomic E-state index is 14.7. The number of rotatable bonds is 5. The number of hydrogen-bond acceptors (Lipinski definition) is 7. The predicted octanol–water partition coefficient (Wildman–Crippen LogP) is 3.29. The summed E-state index contributed by atoms with van der Waals surface area (Å²) in [6.45, 7) is 0.293. The van der Waals surface area contributed by atoms with Gasteiger partial charge in [-0.25, -0.2) is 19.1 Å². The van der Waals surface area contributed by atoms with E-state index in [1.54, 1.807) is 13.8 Å². The molecule has 3 heterocycles. The molecule has 2 aromatic rings. The van der Waals surface area contributed by atoms with Crippen LogP contribution in [0.5, 0.6) is 0 Å². The second-order valence-corrected chi connectivity index (χ2v) is 9.15. The van der Waals surface area contributed by atoms with Crippen LogP contribution in [-0.2, 0) is 16.1 Å². The van der Waals surface area contributed by atoms with Crippen LogP contribution in [-0.4, -0.2) is 63.7 Å². The number of carbonyl (C=O) groups excluding carboxylic acids is 2. The molecule has 2 aliphatic rings. The molecule has 1 atom stereocenters. The Morgan fingerprint density at radius 1 is 1.15 bits per heavy atom. The van der Waals surface area contributed by atoms with E-state index in [9.17, 15) is 45.1 Å². The average Bonchev–Trinajstić information content (AvgIpc) is 3.20. The van der Waals surface area contributed by atoms with Crippen LogP contribution in [0.2, 0.25) is 0 Å². The minimum absolute atomic E-state index is 0.134. The Labute approximate surface area is 220 Å². The average molecular weight is 577 g/mol. The molecule has 17 heteroatoms. The number of hydroxylamine groups is 2. The number of alkyl halides is 6. The Hall–Kier alpha value is -4.15. The van der Waals surface area contributed by atoms with Crippen molar-refractivity contribution in [3.05, 3.63) is 73.7 Å². The van der Waals surface area contributed by atoms with Gasteiger partial charge in [0.05, 0.1) is 22.4 Å². The van der Waals surface area contributed by atoms with E-state index in [-0.39, 0.29) is 29.8 Å². The van der Waals surface area contributed by atoms with Crippen molar-refractivity contribution in [1.29, 1.82) is 0 Å². The van der Waals surface area contributed by atoms with Crippen molar-refractivity contribution in [1.82, 2.24) is 20.2 Å². The van der Waals surface area contributed by atoms with E-state index < -0.39 is 60.0 Å². The molecule has 1 N–H and O–H groups in total. The van der Waals surface area contributed by atoms with Crippen molar-refractivity contribution in [2.45, 2.75) is 39.0 Å². The van der Waals surface area contributed by atoms with Gasteiger partial charge in [0.15, 0.2) is 0 Å². The largest absolute Gasteiger partial charge is 0.497 e. The van der Waals surface area contributed by atoms with Gasteiger partial charge in [-0.3, -0.25) is 9.59 Å². The highest BCUT2D eigenvalue weighted by atomic mass is 19.4. The van der Waals surface area contributed by atoms with E-state index in [0.717, 1.165) is 11.0 Å². The fourth-order valence-corrected chi connectivity index (χ4v) is 4.27. The summed E-state index contributed by atoms with van der Waals surface area (Å²) >= 11 is 0. The van der Waals surface area contributed by atoms with Crippen molar-refractivity contribution in [2.24, 2.45) is 5.22 Å². The third-order valence-electron chi connectivity index (χ3n) is 6.43. The number of benzene rings is 1. The van der Waals surface area contributed by atoms with E-state index in [4.69, 9.17) is 0 Å². The zero-order valence-corrected chi connectivity index (χ0v) is 20.8. The molecule has 0 fully saturated rings. The quantitative estimate of drug-likeness (QED) is 0.432. The number of H-pyrrole nitrogens is 1. The summed E-state index contributed by atoms with van der Waals surface area (Å²) in [6, 6.07) is 3.71. The monoisotopic (exact) mass is 577 g/mol. The molecule has 0 saturated heterocycles. The summed E-state index contributed by atoms with van der Waals surface area (Å²) in [5, 5.41) is 13.0. The first kappa shape index (κ1) is 28.8. The van der Waals surface area contributed by atoms with E-state index in [1.807, 2.05) is 0 Å². The summed E-state index contributed by atoms with van der Waals surface area (Å²) in [5.41, 5.74) is 0.432. The molecule has 213 valence electrons. The van der Waals surface area contributed by atoms with Crippen LogP contribution >= 0.6 is 0 Å². The van der Waals surface area contributed by atoms with Gasteiger partial charge in [0.1, 0.15) is 12.4 Å². The van der Waals surface area contributed by atoms with Crippen LogP contribution in [0.3, 0.4) is 0 Å². The first-order valence-corrected chi connectivity index (χ1v) is 11.5. The van der Waals surface area contributed by atoms with Crippen LogP contribution in [0.1, 0.15) is 39.2 Å². The summed E-state index contributed by atoms with van der Waals surface area (Å²) in [6.07, 6.45) is -11.1. The second-order valence-electron chi connectivity index (χ2n) is 9.15. The minimum atomic E-state index is -5.60. The lowest BCUT2D eigenvalue weighted by Gasteiger charge is -2.28. The van der Waals surface area contributed by atoms with Gasteiger partial charge < -0.3 is 4.90 Å². The number of halogens is 7. The molecule has 1 radical (unpaired) electrons. The Morgan fingerprint density at radius 2 is 1.85 bits per heavy atom. The molecule has 1 amide bonds. The highest BCUT2D eigenvalue weighted by molar-refractivity contribution is 5.95. The van der Waals surface area contributed by atoms with E-state index in [1.165, 1.54) is 12.1 Å². The first-order chi connectivity index (χ1) is 18.5. The topological polar surface area (TPSA) is 119 Å². The molecule has 0 bridgehead atoms. The van der Waals surface area contributed by atoms with Gasteiger partial charge in [0, 0.05) is 18.5 Å². The van der Waals surface area contributed by atoms with Crippen LogP contribution in [0.15, 0.2) is 39.6 Å². The number of carbonyl (C=O) groups is 2. The van der Waals surface area contributed by atoms with Crippen molar-refractivity contribution in [3.63, 3.8) is 0 Å². The van der Waals surface area contributed by atoms with Crippen molar-refractivity contribution < 1.29 is 49.9 Å². The lowest BCUT2D eigenvalue weighted by molar-refractivity contribution is -1.07. The smallest absolute Gasteiger partial charge is 0.327 e. The lowest BCUT2D eigenvalue weighted by Crippen LogP contribution is -2.52. The molecule has 40 heavy (non-hydrogen) atoms. The molecule has 1 aromatic carbocycles. The molecule has 10 nitrogen and oxygen atoms in total. The summed E-state index contributed by atoms with van der Waals surface area (Å²) in [5.74, 6) is -4.66. The first-order valence-electron chi connectivity index (χ1n) is 11.5. The van der Waals surface area contributed by atoms with Gasteiger partial charge >= 0.3 is 29.2 Å². The number of hydrogen-bond donors (Lipinski definition) is 1. The van der Waals surface area contributed by atoms with Crippen LogP contribution in [0.25, 0.3) is 0 Å². The number of quaternary nitrogens is 1. The molecule has 1 aromatic heterocycles. The van der Waals surface area contributed by atoms with Gasteiger partial charge in [-0.2, -0.15) is 31.4 Å². The van der Waals surface area contributed by atoms with E-state index in [0.29, 0.717) is 22.4 Å². The number of aromatic nitrogens is 2. The summed E-state index contributed by atoms with van der Waals surface area (Å²) < 4.78 is 90.6. The molecule has 0 spiro atoms. The number of nitrogens with zero attached hydrogens (tertiary/aromatic N) is 5. The molecule has 0 aliphatic carbocycles. The fourth-order valence-electron chi connectivity index (χ4n) is 4.27. The third-order valence-corrected chi connectivity index (χ3v) is 6.43. The van der Waals surface area contributed by atoms with Crippen LogP contribution in [0, 0.1) is 19.7 Å². The lowest BCUT2D eigenvalue weighted by atomic mass is 10.0.